The van der Waals surface area contributed by atoms with Gasteiger partial charge in [0.25, 0.3) is 0 Å². The van der Waals surface area contributed by atoms with Crippen LogP contribution in [0.25, 0.3) is 10.9 Å². The first-order valence-corrected chi connectivity index (χ1v) is 11.2. The number of nitrogens with one attached hydrogen (secondary N) is 3. The third kappa shape index (κ3) is 6.38. The van der Waals surface area contributed by atoms with Gasteiger partial charge in [0.2, 0.25) is 5.91 Å². The van der Waals surface area contributed by atoms with Gasteiger partial charge >= 0.3 is 13.5 Å². The highest BCUT2D eigenvalue weighted by Gasteiger charge is 2.42. The first kappa shape index (κ1) is 24.7. The Labute approximate surface area is 202 Å². The molecule has 2 heterocycles. The molecular formula is C24H27BFN3O6. The molecule has 184 valence electrons. The van der Waals surface area contributed by atoms with E-state index in [2.05, 4.69) is 15.6 Å². The molecule has 1 aliphatic heterocycles. The normalized spacial score (nSPS) is 16.0. The van der Waals surface area contributed by atoms with Crippen LogP contribution in [0.4, 0.5) is 9.11 Å². The van der Waals surface area contributed by atoms with Crippen molar-refractivity contribution in [2.24, 2.45) is 0 Å². The van der Waals surface area contributed by atoms with E-state index in [1.54, 1.807) is 6.20 Å². The molecule has 11 heteroatoms. The number of para-hydroxylation sites is 1. The number of rotatable bonds is 9. The molecule has 9 nitrogen and oxygen atoms in total. The van der Waals surface area contributed by atoms with E-state index in [9.17, 15) is 13.9 Å². The molecule has 1 aromatic heterocycles. The van der Waals surface area contributed by atoms with E-state index in [1.165, 1.54) is 7.11 Å². The third-order valence-electron chi connectivity index (χ3n) is 5.71. The summed E-state index contributed by atoms with van der Waals surface area (Å²) in [6, 6.07) is 15.9. The lowest BCUT2D eigenvalue weighted by Gasteiger charge is -2.38. The molecule has 0 radical (unpaired) electrons. The summed E-state index contributed by atoms with van der Waals surface area (Å²) in [5.74, 6) is -0.506. The summed E-state index contributed by atoms with van der Waals surface area (Å²) in [7, 11) is -0.414. The van der Waals surface area contributed by atoms with Gasteiger partial charge in [0, 0.05) is 30.6 Å². The number of fused-ring (bicyclic) bond motifs is 1. The second-order valence-corrected chi connectivity index (χ2v) is 8.42. The van der Waals surface area contributed by atoms with Gasteiger partial charge in [-0.05, 0) is 17.2 Å². The molecule has 1 fully saturated rings. The fourth-order valence-corrected chi connectivity index (χ4v) is 3.99. The Hall–Kier alpha value is -3.41. The molecule has 0 bridgehead atoms. The van der Waals surface area contributed by atoms with Crippen molar-refractivity contribution in [3.8, 4) is 0 Å². The van der Waals surface area contributed by atoms with E-state index in [0.717, 1.165) is 22.0 Å². The molecule has 1 aliphatic rings. The number of hydrogen-bond acceptors (Lipinski definition) is 6. The SMILES string of the molecule is COCC1(NC(=O)[C@H](Cc2c[nH]c3ccccc23)NC(=O)OCc2ccccc2)COB(F)OC1. The first-order chi connectivity index (χ1) is 17.0. The summed E-state index contributed by atoms with van der Waals surface area (Å²) >= 11 is 0. The zero-order valence-corrected chi connectivity index (χ0v) is 19.3. The Kier molecular flexibility index (Phi) is 8.01. The van der Waals surface area contributed by atoms with Crippen molar-refractivity contribution in [3.05, 3.63) is 71.9 Å². The van der Waals surface area contributed by atoms with Gasteiger partial charge in [0.1, 0.15) is 18.2 Å². The van der Waals surface area contributed by atoms with Gasteiger partial charge in [-0.15, -0.1) is 0 Å². The summed E-state index contributed by atoms with van der Waals surface area (Å²) in [4.78, 5) is 29.2. The average Bonchev–Trinajstić information content (AvgIpc) is 3.28. The molecule has 0 aliphatic carbocycles. The van der Waals surface area contributed by atoms with E-state index in [-0.39, 0.29) is 32.8 Å². The standard InChI is InChI=1S/C24H27BFN3O6/c1-32-14-24(15-34-25(26)35-16-24)29-22(30)21(11-18-12-27-20-10-6-5-9-19(18)20)28-23(31)33-13-17-7-3-2-4-8-17/h2-10,12,21,27H,11,13-16H2,1H3,(H,28,31)(H,29,30)/t21-/m0/s1. The van der Waals surface area contributed by atoms with Crippen LogP contribution in [0, 0.1) is 0 Å². The first-order valence-electron chi connectivity index (χ1n) is 11.2. The highest BCUT2D eigenvalue weighted by molar-refractivity contribution is 6.35. The lowest BCUT2D eigenvalue weighted by Crippen LogP contribution is -2.65. The second-order valence-electron chi connectivity index (χ2n) is 8.42. The molecule has 2 aromatic carbocycles. The summed E-state index contributed by atoms with van der Waals surface area (Å²) < 4.78 is 33.9. The van der Waals surface area contributed by atoms with E-state index in [1.807, 2.05) is 54.6 Å². The van der Waals surface area contributed by atoms with Gasteiger partial charge in [0.05, 0.1) is 19.8 Å². The lowest BCUT2D eigenvalue weighted by atomic mass is 9.97. The van der Waals surface area contributed by atoms with Gasteiger partial charge in [-0.2, -0.15) is 0 Å². The zero-order valence-electron chi connectivity index (χ0n) is 19.3. The van der Waals surface area contributed by atoms with Gasteiger partial charge in [-0.3, -0.25) is 9.11 Å². The number of H-pyrrole nitrogens is 1. The molecule has 0 saturated carbocycles. The number of carbonyl (C=O) groups is 2. The number of hydrogen-bond donors (Lipinski definition) is 3. The maximum Gasteiger partial charge on any atom is 0.680 e. The number of aromatic nitrogens is 1. The van der Waals surface area contributed by atoms with Crippen LogP contribution < -0.4 is 10.6 Å². The Morgan fingerprint density at radius 3 is 2.60 bits per heavy atom. The number of benzene rings is 2. The number of aromatic amines is 1. The van der Waals surface area contributed by atoms with Crippen molar-refractivity contribution < 1.29 is 32.7 Å². The van der Waals surface area contributed by atoms with Crippen molar-refractivity contribution >= 4 is 30.3 Å². The number of alkyl carbamates (subject to hydrolysis) is 1. The van der Waals surface area contributed by atoms with Crippen LogP contribution in [0.5, 0.6) is 0 Å². The van der Waals surface area contributed by atoms with Crippen molar-refractivity contribution in [1.29, 1.82) is 0 Å². The molecule has 4 rings (SSSR count). The summed E-state index contributed by atoms with van der Waals surface area (Å²) in [5, 5.41) is 6.43. The molecule has 0 unspecified atom stereocenters. The number of methoxy groups -OCH3 is 1. The third-order valence-corrected chi connectivity index (χ3v) is 5.71. The van der Waals surface area contributed by atoms with Crippen molar-refractivity contribution in [2.45, 2.75) is 24.6 Å². The summed E-state index contributed by atoms with van der Waals surface area (Å²) in [6.45, 7) is -0.205. The van der Waals surface area contributed by atoms with Gasteiger partial charge in [-0.1, -0.05) is 48.5 Å². The van der Waals surface area contributed by atoms with Crippen molar-refractivity contribution in [3.63, 3.8) is 0 Å². The minimum absolute atomic E-state index is 0.0315. The van der Waals surface area contributed by atoms with E-state index in [4.69, 9.17) is 18.8 Å². The molecule has 3 N–H and O–H groups in total. The molecular weight excluding hydrogens is 456 g/mol. The lowest BCUT2D eigenvalue weighted by molar-refractivity contribution is -0.129. The molecule has 1 saturated heterocycles. The Bertz CT molecular complexity index is 1140. The fourth-order valence-electron chi connectivity index (χ4n) is 3.99. The van der Waals surface area contributed by atoms with Gasteiger partial charge < -0.3 is 34.4 Å². The smallest absolute Gasteiger partial charge is 0.445 e. The number of ether oxygens (including phenoxy) is 2. The van der Waals surface area contributed by atoms with E-state index < -0.39 is 31.0 Å². The fraction of sp³-hybridized carbons (Fsp3) is 0.333. The second kappa shape index (κ2) is 11.3. The number of carbonyl (C=O) groups excluding carboxylic acids is 2. The zero-order chi connectivity index (χ0) is 24.7. The quantitative estimate of drug-likeness (QED) is 0.404. The van der Waals surface area contributed by atoms with Crippen LogP contribution in [0.15, 0.2) is 60.8 Å². The summed E-state index contributed by atoms with van der Waals surface area (Å²) in [5.41, 5.74) is 1.45. The minimum Gasteiger partial charge on any atom is -0.445 e. The van der Waals surface area contributed by atoms with Gasteiger partial charge in [-0.25, -0.2) is 4.79 Å². The molecule has 35 heavy (non-hydrogen) atoms. The van der Waals surface area contributed by atoms with Crippen LogP contribution in [-0.4, -0.2) is 62.9 Å². The number of halogens is 1. The van der Waals surface area contributed by atoms with E-state index >= 15 is 0 Å². The maximum absolute atomic E-state index is 13.4. The largest absolute Gasteiger partial charge is 0.680 e. The molecule has 1 atom stereocenters. The summed E-state index contributed by atoms with van der Waals surface area (Å²) in [6.07, 6.45) is 1.25. The molecule has 0 spiro atoms. The predicted octanol–water partition coefficient (Wildman–Crippen LogP) is 2.51. The van der Waals surface area contributed by atoms with Crippen molar-refractivity contribution in [1.82, 2.24) is 15.6 Å². The highest BCUT2D eigenvalue weighted by atomic mass is 19.1. The van der Waals surface area contributed by atoms with Crippen LogP contribution in [0.2, 0.25) is 0 Å². The Morgan fingerprint density at radius 1 is 1.14 bits per heavy atom. The monoisotopic (exact) mass is 483 g/mol. The minimum atomic E-state index is -1.87. The molecule has 2 amide bonds. The van der Waals surface area contributed by atoms with Gasteiger partial charge in [0.15, 0.2) is 0 Å². The van der Waals surface area contributed by atoms with Crippen LogP contribution in [-0.2, 0) is 36.6 Å². The highest BCUT2D eigenvalue weighted by Crippen LogP contribution is 2.20. The predicted molar refractivity (Wildman–Crippen MR) is 127 cm³/mol. The molecule has 3 aromatic rings. The van der Waals surface area contributed by atoms with Crippen LogP contribution in [0.3, 0.4) is 0 Å². The van der Waals surface area contributed by atoms with Crippen LogP contribution in [0.1, 0.15) is 11.1 Å². The van der Waals surface area contributed by atoms with Crippen molar-refractivity contribution in [2.75, 3.05) is 26.9 Å². The van der Waals surface area contributed by atoms with E-state index in [0.29, 0.717) is 0 Å². The Balaban J connectivity index is 1.50. The Morgan fingerprint density at radius 2 is 1.86 bits per heavy atom. The number of amides is 2. The average molecular weight is 483 g/mol. The maximum atomic E-state index is 13.4. The van der Waals surface area contributed by atoms with Crippen LogP contribution >= 0.6 is 0 Å². The topological polar surface area (TPSA) is 111 Å².